The van der Waals surface area contributed by atoms with Gasteiger partial charge in [-0.3, -0.25) is 0 Å². The van der Waals surface area contributed by atoms with Gasteiger partial charge < -0.3 is 10.6 Å². The van der Waals surface area contributed by atoms with E-state index in [1.165, 1.54) is 20.5 Å². The summed E-state index contributed by atoms with van der Waals surface area (Å²) in [5.74, 6) is 0. The molecular weight excluding hydrogens is 432 g/mol. The van der Waals surface area contributed by atoms with Gasteiger partial charge >= 0.3 is 0 Å². The summed E-state index contributed by atoms with van der Waals surface area (Å²) in [4.78, 5) is 9.78. The number of hydrogen-bond donors (Lipinski definition) is 2. The largest absolute Gasteiger partial charge is 0.347 e. The Bertz CT molecular complexity index is 1280. The molecule has 0 amide bonds. The van der Waals surface area contributed by atoms with Crippen molar-refractivity contribution in [2.45, 2.75) is 41.5 Å². The van der Waals surface area contributed by atoms with Gasteiger partial charge in [0.25, 0.3) is 0 Å². The van der Waals surface area contributed by atoms with E-state index < -0.39 is 0 Å². The fourth-order valence-electron chi connectivity index (χ4n) is 3.82. The van der Waals surface area contributed by atoms with Crippen LogP contribution in [0.15, 0.2) is 24.3 Å². The van der Waals surface area contributed by atoms with Crippen LogP contribution in [-0.2, 0) is 0 Å². The third-order valence-electron chi connectivity index (χ3n) is 5.49. The fraction of sp³-hybridized carbons (Fsp3) is 0.308. The van der Waals surface area contributed by atoms with E-state index in [9.17, 15) is 0 Å². The average Bonchev–Trinajstić information content (AvgIpc) is 3.48. The lowest BCUT2D eigenvalue weighted by molar-refractivity contribution is 0.562. The maximum absolute atomic E-state index is 4.89. The van der Waals surface area contributed by atoms with Crippen molar-refractivity contribution >= 4 is 68.4 Å². The summed E-state index contributed by atoms with van der Waals surface area (Å²) in [6.45, 7) is 13.4. The second kappa shape index (κ2) is 7.42. The molecule has 6 heteroatoms. The highest BCUT2D eigenvalue weighted by Crippen LogP contribution is 2.35. The molecule has 2 N–H and O–H groups in total. The normalized spacial score (nSPS) is 15.3. The van der Waals surface area contributed by atoms with Crippen LogP contribution >= 0.6 is 22.7 Å². The maximum atomic E-state index is 4.89. The van der Waals surface area contributed by atoms with E-state index >= 15 is 0 Å². The third kappa shape index (κ3) is 3.93. The smallest absolute Gasteiger partial charge is 0.119 e. The molecule has 0 atom stereocenters. The predicted molar refractivity (Wildman–Crippen MR) is 141 cm³/mol. The molecule has 0 saturated heterocycles. The van der Waals surface area contributed by atoms with Crippen molar-refractivity contribution in [2.24, 2.45) is 10.8 Å². The Hall–Kier alpha value is -2.70. The number of anilines is 2. The number of fused-ring (bicyclic) bond motifs is 10. The molecule has 164 valence electrons. The zero-order chi connectivity index (χ0) is 22.7. The Balaban J connectivity index is 1.83. The van der Waals surface area contributed by atoms with Crippen LogP contribution in [0.3, 0.4) is 0 Å². The van der Waals surface area contributed by atoms with Crippen LogP contribution in [-0.4, -0.2) is 9.97 Å². The molecule has 1 aromatic rings. The van der Waals surface area contributed by atoms with Gasteiger partial charge in [-0.1, -0.05) is 41.5 Å². The first kappa shape index (κ1) is 21.2. The first-order valence-electron chi connectivity index (χ1n) is 10.9. The second-order valence-electron chi connectivity index (χ2n) is 10.3. The summed E-state index contributed by atoms with van der Waals surface area (Å²) in [6.07, 6.45) is 8.37. The molecule has 4 nitrogen and oxygen atoms in total. The van der Waals surface area contributed by atoms with E-state index in [4.69, 9.17) is 9.97 Å². The minimum Gasteiger partial charge on any atom is -0.347 e. The summed E-state index contributed by atoms with van der Waals surface area (Å²) in [7, 11) is 0. The zero-order valence-electron chi connectivity index (χ0n) is 19.3. The van der Waals surface area contributed by atoms with Crippen molar-refractivity contribution in [2.75, 3.05) is 10.6 Å². The molecule has 5 rings (SSSR count). The molecule has 4 aliphatic heterocycles. The first-order chi connectivity index (χ1) is 15.1. The van der Waals surface area contributed by atoms with Crippen LogP contribution in [0.1, 0.15) is 64.3 Å². The van der Waals surface area contributed by atoms with E-state index in [2.05, 4.69) is 101 Å². The van der Waals surface area contributed by atoms with Gasteiger partial charge in [0.05, 0.1) is 22.8 Å². The standard InChI is InChI=1S/C26H28N4S2/c1-25(2,3)21-19-13-9-15-8-12-18(28-15)24-30-22(26(4,5)6)20(32-24)14-10-16-7-11-17(27-16)23(29-21)31-19/h7-14,29-30H,1-6H3. The Morgan fingerprint density at radius 1 is 0.594 bits per heavy atom. The Morgan fingerprint density at radius 2 is 1.00 bits per heavy atom. The molecule has 0 radical (unpaired) electrons. The van der Waals surface area contributed by atoms with Crippen molar-refractivity contribution < 1.29 is 0 Å². The quantitative estimate of drug-likeness (QED) is 0.426. The van der Waals surface area contributed by atoms with Gasteiger partial charge in [-0.05, 0) is 48.6 Å². The lowest BCUT2D eigenvalue weighted by atomic mass is 9.92. The predicted octanol–water partition coefficient (Wildman–Crippen LogP) is 6.10. The van der Waals surface area contributed by atoms with Crippen LogP contribution in [0.25, 0.3) is 35.7 Å². The molecule has 0 aliphatic carbocycles. The van der Waals surface area contributed by atoms with E-state index in [0.29, 0.717) is 0 Å². The van der Waals surface area contributed by atoms with Crippen LogP contribution in [0.2, 0.25) is 0 Å². The topological polar surface area (TPSA) is 49.8 Å². The summed E-state index contributed by atoms with van der Waals surface area (Å²) >= 11 is 3.49. The lowest BCUT2D eigenvalue weighted by Gasteiger charge is -2.21. The molecule has 4 aliphatic rings. The van der Waals surface area contributed by atoms with E-state index in [1.54, 1.807) is 22.7 Å². The monoisotopic (exact) mass is 460 g/mol. The van der Waals surface area contributed by atoms with Crippen molar-refractivity contribution in [3.63, 3.8) is 0 Å². The van der Waals surface area contributed by atoms with Gasteiger partial charge in [0.2, 0.25) is 0 Å². The van der Waals surface area contributed by atoms with Crippen molar-refractivity contribution in [1.29, 1.82) is 0 Å². The van der Waals surface area contributed by atoms with E-state index in [1.807, 2.05) is 0 Å². The highest BCUT2D eigenvalue weighted by molar-refractivity contribution is 7.15. The summed E-state index contributed by atoms with van der Waals surface area (Å²) in [5.41, 5.74) is 6.33. The highest BCUT2D eigenvalue weighted by Gasteiger charge is 2.24. The van der Waals surface area contributed by atoms with E-state index in [-0.39, 0.29) is 10.8 Å². The molecule has 0 unspecified atom stereocenters. The van der Waals surface area contributed by atoms with Gasteiger partial charge in [-0.15, -0.1) is 22.7 Å². The lowest BCUT2D eigenvalue weighted by Crippen LogP contribution is -2.19. The molecular formula is C26H28N4S2. The molecule has 8 bridgehead atoms. The molecule has 32 heavy (non-hydrogen) atoms. The Labute approximate surface area is 197 Å². The molecule has 0 spiro atoms. The van der Waals surface area contributed by atoms with Crippen molar-refractivity contribution in [3.8, 4) is 0 Å². The first-order valence-corrected chi connectivity index (χ1v) is 12.5. The van der Waals surface area contributed by atoms with Crippen LogP contribution < -0.4 is 19.7 Å². The van der Waals surface area contributed by atoms with Gasteiger partial charge in [0, 0.05) is 31.3 Å². The number of nitrogens with zero attached hydrogens (tertiary/aromatic N) is 2. The molecule has 5 heterocycles. The van der Waals surface area contributed by atoms with E-state index in [0.717, 1.165) is 32.8 Å². The van der Waals surface area contributed by atoms with Gasteiger partial charge in [-0.2, -0.15) is 0 Å². The van der Waals surface area contributed by atoms with Gasteiger partial charge in [0.1, 0.15) is 10.0 Å². The summed E-state index contributed by atoms with van der Waals surface area (Å²) < 4.78 is 2.42. The average molecular weight is 461 g/mol. The molecule has 0 fully saturated rings. The zero-order valence-corrected chi connectivity index (χ0v) is 21.0. The second-order valence-corrected chi connectivity index (χ2v) is 12.4. The van der Waals surface area contributed by atoms with Crippen LogP contribution in [0, 0.1) is 10.8 Å². The summed E-state index contributed by atoms with van der Waals surface area (Å²) in [6, 6.07) is 8.57. The van der Waals surface area contributed by atoms with Crippen LogP contribution in [0.4, 0.5) is 10.0 Å². The highest BCUT2D eigenvalue weighted by atomic mass is 32.1. The fourth-order valence-corrected chi connectivity index (χ4v) is 6.19. The minimum absolute atomic E-state index is 0.00265. The minimum atomic E-state index is 0.00265. The molecule has 0 aromatic carbocycles. The number of rotatable bonds is 0. The number of hydrogen-bond acceptors (Lipinski definition) is 6. The van der Waals surface area contributed by atoms with Crippen molar-refractivity contribution in [1.82, 2.24) is 9.97 Å². The maximum Gasteiger partial charge on any atom is 0.119 e. The molecule has 0 saturated carbocycles. The Morgan fingerprint density at radius 3 is 1.38 bits per heavy atom. The summed E-state index contributed by atoms with van der Waals surface area (Å²) in [5, 5.41) is 9.46. The van der Waals surface area contributed by atoms with Gasteiger partial charge in [0.15, 0.2) is 0 Å². The number of nitrogens with one attached hydrogen (secondary N) is 2. The SMILES string of the molecule is CC(C)(C)C1=c2ccc3nc(c4sc(ccc5nc(c(s2)N1)C=C5)=C(C(C)(C)C)N4)C=C3. The Kier molecular flexibility index (Phi) is 4.91. The van der Waals surface area contributed by atoms with Gasteiger partial charge in [-0.25, -0.2) is 9.97 Å². The number of aromatic nitrogens is 2. The third-order valence-corrected chi connectivity index (χ3v) is 7.64. The van der Waals surface area contributed by atoms with Crippen LogP contribution in [0.5, 0.6) is 0 Å². The van der Waals surface area contributed by atoms with Crippen molar-refractivity contribution in [3.05, 3.63) is 56.1 Å². The molecule has 1 aromatic heterocycles.